The Labute approximate surface area is 139 Å². The average Bonchev–Trinajstić information content (AvgIpc) is 2.63. The van der Waals surface area contributed by atoms with E-state index in [-0.39, 0.29) is 5.82 Å². The first-order chi connectivity index (χ1) is 11.7. The summed E-state index contributed by atoms with van der Waals surface area (Å²) in [5.41, 5.74) is 3.51. The highest BCUT2D eigenvalue weighted by molar-refractivity contribution is 5.98. The molecular weight excluding hydrogens is 303 g/mol. The maximum atomic E-state index is 12.8. The van der Waals surface area contributed by atoms with E-state index in [9.17, 15) is 9.18 Å². The normalized spacial score (nSPS) is 10.7. The molecule has 0 saturated carbocycles. The number of hydrogen-bond acceptors (Lipinski definition) is 1. The van der Waals surface area contributed by atoms with E-state index in [4.69, 9.17) is 0 Å². The molecule has 0 aromatic heterocycles. The van der Waals surface area contributed by atoms with E-state index in [0.717, 1.165) is 11.1 Å². The van der Waals surface area contributed by atoms with Crippen molar-refractivity contribution in [3.63, 3.8) is 0 Å². The van der Waals surface area contributed by atoms with Gasteiger partial charge in [-0.15, -0.1) is 0 Å². The highest BCUT2D eigenvalue weighted by atomic mass is 19.1. The fourth-order valence-corrected chi connectivity index (χ4v) is 2.21. The number of carbonyl (C=O) groups is 1. The summed E-state index contributed by atoms with van der Waals surface area (Å²) in [6, 6.07) is 22.8. The predicted octanol–water partition coefficient (Wildman–Crippen LogP) is 5.14. The Kier molecular flexibility index (Phi) is 4.77. The number of carbonyl (C=O) groups excluding carboxylic acids is 1. The van der Waals surface area contributed by atoms with E-state index in [1.165, 1.54) is 18.3 Å². The third kappa shape index (κ3) is 4.14. The molecule has 1 N–H and O–H groups in total. The number of nitrogens with one attached hydrogen (secondary N) is 1. The summed E-state index contributed by atoms with van der Waals surface area (Å²) in [5.74, 6) is -0.324. The van der Waals surface area contributed by atoms with Crippen LogP contribution in [-0.2, 0) is 0 Å². The minimum absolute atomic E-state index is 0.324. The fourth-order valence-electron chi connectivity index (χ4n) is 2.21. The van der Waals surface area contributed by atoms with Crippen molar-refractivity contribution in [2.45, 2.75) is 0 Å². The summed E-state index contributed by atoms with van der Waals surface area (Å²) in [5, 5.41) is 2.69. The van der Waals surface area contributed by atoms with Crippen LogP contribution in [0.25, 0.3) is 11.1 Å². The number of amides is 2. The van der Waals surface area contributed by atoms with Crippen molar-refractivity contribution in [2.75, 3.05) is 5.32 Å². The molecule has 3 aromatic carbocycles. The minimum atomic E-state index is -0.480. The second-order valence-corrected chi connectivity index (χ2v) is 5.18. The largest absolute Gasteiger partial charge is 0.345 e. The zero-order valence-corrected chi connectivity index (χ0v) is 12.8. The maximum absolute atomic E-state index is 12.8. The molecule has 0 radical (unpaired) electrons. The number of halogens is 1. The lowest BCUT2D eigenvalue weighted by atomic mass is 10.1. The van der Waals surface area contributed by atoms with Gasteiger partial charge in [0.15, 0.2) is 0 Å². The molecular formula is C20H15FN2O. The molecule has 0 saturated heterocycles. The van der Waals surface area contributed by atoms with Gasteiger partial charge in [0.05, 0.1) is 0 Å². The summed E-state index contributed by atoms with van der Waals surface area (Å²) in [4.78, 5) is 15.6. The smallest absolute Gasteiger partial charge is 0.306 e. The van der Waals surface area contributed by atoms with Gasteiger partial charge in [-0.05, 0) is 41.0 Å². The zero-order valence-electron chi connectivity index (χ0n) is 12.8. The number of benzene rings is 3. The van der Waals surface area contributed by atoms with Crippen LogP contribution in [0, 0.1) is 5.82 Å². The van der Waals surface area contributed by atoms with E-state index >= 15 is 0 Å². The molecule has 0 aliphatic heterocycles. The van der Waals surface area contributed by atoms with Gasteiger partial charge in [-0.25, -0.2) is 14.2 Å². The molecule has 3 aromatic rings. The summed E-state index contributed by atoms with van der Waals surface area (Å²) in [7, 11) is 0. The van der Waals surface area contributed by atoms with Crippen LogP contribution in [0.15, 0.2) is 83.9 Å². The highest BCUT2D eigenvalue weighted by Gasteiger charge is 2.01. The molecule has 24 heavy (non-hydrogen) atoms. The highest BCUT2D eigenvalue weighted by Crippen LogP contribution is 2.21. The molecule has 0 heterocycles. The van der Waals surface area contributed by atoms with Crippen LogP contribution < -0.4 is 5.32 Å². The quantitative estimate of drug-likeness (QED) is 0.667. The van der Waals surface area contributed by atoms with Gasteiger partial charge in [-0.3, -0.25) is 0 Å². The molecule has 0 aliphatic carbocycles. The summed E-state index contributed by atoms with van der Waals surface area (Å²) >= 11 is 0. The predicted molar refractivity (Wildman–Crippen MR) is 94.9 cm³/mol. The first kappa shape index (κ1) is 15.6. The Balaban J connectivity index is 1.63. The van der Waals surface area contributed by atoms with Gasteiger partial charge in [-0.1, -0.05) is 54.6 Å². The molecule has 0 aliphatic rings. The number of anilines is 1. The van der Waals surface area contributed by atoms with E-state index < -0.39 is 6.03 Å². The van der Waals surface area contributed by atoms with Crippen LogP contribution in [0.3, 0.4) is 0 Å². The van der Waals surface area contributed by atoms with Crippen molar-refractivity contribution >= 4 is 17.9 Å². The van der Waals surface area contributed by atoms with Gasteiger partial charge in [0.2, 0.25) is 0 Å². The zero-order chi connectivity index (χ0) is 16.8. The Hall–Kier alpha value is -3.27. The Bertz CT molecular complexity index is 841. The lowest BCUT2D eigenvalue weighted by Gasteiger charge is -2.04. The van der Waals surface area contributed by atoms with Gasteiger partial charge in [0.25, 0.3) is 0 Å². The van der Waals surface area contributed by atoms with E-state index in [2.05, 4.69) is 10.3 Å². The third-order valence-corrected chi connectivity index (χ3v) is 3.44. The lowest BCUT2D eigenvalue weighted by molar-refractivity contribution is 0.259. The van der Waals surface area contributed by atoms with Gasteiger partial charge in [0.1, 0.15) is 5.82 Å². The van der Waals surface area contributed by atoms with Crippen LogP contribution in [0.1, 0.15) is 5.56 Å². The molecule has 2 amide bonds. The summed E-state index contributed by atoms with van der Waals surface area (Å²) in [6.45, 7) is 0. The van der Waals surface area contributed by atoms with Crippen LogP contribution in [-0.4, -0.2) is 12.2 Å². The average molecular weight is 318 g/mol. The van der Waals surface area contributed by atoms with E-state index in [1.54, 1.807) is 12.1 Å². The SMILES string of the molecule is O=C(N=Cc1ccc(F)cc1)Nc1ccc(-c2ccccc2)cc1. The molecule has 3 nitrogen and oxygen atoms in total. The van der Waals surface area contributed by atoms with Gasteiger partial charge in [-0.2, -0.15) is 0 Å². The standard InChI is InChI=1S/C20H15FN2O/c21-18-10-6-15(7-11-18)14-22-20(24)23-19-12-8-17(9-13-19)16-4-2-1-3-5-16/h1-14H,(H,23,24). The van der Waals surface area contributed by atoms with Crippen molar-refractivity contribution in [1.82, 2.24) is 0 Å². The number of urea groups is 1. The third-order valence-electron chi connectivity index (χ3n) is 3.44. The first-order valence-electron chi connectivity index (χ1n) is 7.47. The molecule has 118 valence electrons. The minimum Gasteiger partial charge on any atom is -0.306 e. The first-order valence-corrected chi connectivity index (χ1v) is 7.47. The molecule has 0 unspecified atom stereocenters. The fraction of sp³-hybridized carbons (Fsp3) is 0. The van der Waals surface area contributed by atoms with E-state index in [1.807, 2.05) is 54.6 Å². The Morgan fingerprint density at radius 3 is 2.12 bits per heavy atom. The maximum Gasteiger partial charge on any atom is 0.345 e. The second-order valence-electron chi connectivity index (χ2n) is 5.18. The van der Waals surface area contributed by atoms with Crippen molar-refractivity contribution in [1.29, 1.82) is 0 Å². The number of rotatable bonds is 3. The van der Waals surface area contributed by atoms with Crippen molar-refractivity contribution in [2.24, 2.45) is 4.99 Å². The van der Waals surface area contributed by atoms with Crippen LogP contribution in [0.5, 0.6) is 0 Å². The summed E-state index contributed by atoms with van der Waals surface area (Å²) in [6.07, 6.45) is 1.40. The lowest BCUT2D eigenvalue weighted by Crippen LogP contribution is -2.06. The van der Waals surface area contributed by atoms with E-state index in [0.29, 0.717) is 11.3 Å². The molecule has 3 rings (SSSR count). The number of aliphatic imine (C=N–C) groups is 1. The monoisotopic (exact) mass is 318 g/mol. The van der Waals surface area contributed by atoms with Crippen molar-refractivity contribution < 1.29 is 9.18 Å². The number of nitrogens with zero attached hydrogens (tertiary/aromatic N) is 1. The number of hydrogen-bond donors (Lipinski definition) is 1. The van der Waals surface area contributed by atoms with Crippen molar-refractivity contribution in [3.05, 3.63) is 90.2 Å². The Morgan fingerprint density at radius 2 is 1.46 bits per heavy atom. The van der Waals surface area contributed by atoms with Gasteiger partial charge in [0, 0.05) is 11.9 Å². The van der Waals surface area contributed by atoms with Crippen LogP contribution >= 0.6 is 0 Å². The molecule has 0 bridgehead atoms. The van der Waals surface area contributed by atoms with Crippen LogP contribution in [0.2, 0.25) is 0 Å². The summed E-state index contributed by atoms with van der Waals surface area (Å²) < 4.78 is 12.8. The second kappa shape index (κ2) is 7.33. The molecule has 0 atom stereocenters. The molecule has 0 spiro atoms. The van der Waals surface area contributed by atoms with Gasteiger partial charge < -0.3 is 5.32 Å². The van der Waals surface area contributed by atoms with Crippen molar-refractivity contribution in [3.8, 4) is 11.1 Å². The van der Waals surface area contributed by atoms with Gasteiger partial charge >= 0.3 is 6.03 Å². The van der Waals surface area contributed by atoms with Crippen LogP contribution in [0.4, 0.5) is 14.9 Å². The topological polar surface area (TPSA) is 41.5 Å². The molecule has 4 heteroatoms. The Morgan fingerprint density at radius 1 is 0.833 bits per heavy atom. The molecule has 0 fully saturated rings.